The lowest BCUT2D eigenvalue weighted by Crippen LogP contribution is -2.40. The normalized spacial score (nSPS) is 11.4. The van der Waals surface area contributed by atoms with Crippen LogP contribution in [0.5, 0.6) is 0 Å². The minimum atomic E-state index is -0.588. The van der Waals surface area contributed by atoms with Crippen molar-refractivity contribution in [1.82, 2.24) is 5.32 Å². The minimum Gasteiger partial charge on any atom is -0.334 e. The van der Waals surface area contributed by atoms with Crippen molar-refractivity contribution in [3.63, 3.8) is 0 Å². The molecule has 1 atom stereocenters. The topological polar surface area (TPSA) is 61.4 Å². The third kappa shape index (κ3) is 5.61. The number of carbonyl (C=O) groups is 2. The molecular formula is C23H22FN3O2S. The predicted molar refractivity (Wildman–Crippen MR) is 120 cm³/mol. The first kappa shape index (κ1) is 21.4. The fourth-order valence-corrected chi connectivity index (χ4v) is 3.13. The molecule has 0 radical (unpaired) electrons. The first-order chi connectivity index (χ1) is 14.4. The molecular weight excluding hydrogens is 401 g/mol. The van der Waals surface area contributed by atoms with Gasteiger partial charge in [-0.25, -0.2) is 13.5 Å². The van der Waals surface area contributed by atoms with Crippen molar-refractivity contribution >= 4 is 36.1 Å². The number of urea groups is 1. The highest BCUT2D eigenvalue weighted by Crippen LogP contribution is 2.21. The second kappa shape index (κ2) is 9.93. The van der Waals surface area contributed by atoms with Crippen LogP contribution in [-0.4, -0.2) is 18.0 Å². The van der Waals surface area contributed by atoms with Crippen LogP contribution >= 0.6 is 12.8 Å². The first-order valence-electron chi connectivity index (χ1n) is 9.43. The molecule has 154 valence electrons. The summed E-state index contributed by atoms with van der Waals surface area (Å²) in [5, 5.41) is 5.53. The van der Waals surface area contributed by atoms with Crippen molar-refractivity contribution in [2.75, 3.05) is 9.62 Å². The first-order valence-corrected chi connectivity index (χ1v) is 9.83. The van der Waals surface area contributed by atoms with Crippen molar-refractivity contribution in [1.29, 1.82) is 0 Å². The molecule has 0 aliphatic heterocycles. The zero-order chi connectivity index (χ0) is 21.5. The summed E-state index contributed by atoms with van der Waals surface area (Å²) in [4.78, 5) is 24.6. The Kier molecular flexibility index (Phi) is 7.08. The Morgan fingerprint density at radius 1 is 0.967 bits per heavy atom. The number of carbonyl (C=O) groups excluding carboxylic acids is 2. The molecule has 0 aromatic heterocycles. The SMILES string of the molecule is CC(Cc1ccccc1)NC(=O)N(S)c1ccc(NC(=O)c2ccccc2F)cc1. The molecule has 0 aliphatic carbocycles. The molecule has 0 fully saturated rings. The van der Waals surface area contributed by atoms with Gasteiger partial charge >= 0.3 is 6.03 Å². The van der Waals surface area contributed by atoms with Gasteiger partial charge in [0.05, 0.1) is 11.3 Å². The Hall–Kier alpha value is -3.32. The van der Waals surface area contributed by atoms with Gasteiger partial charge in [-0.3, -0.25) is 4.79 Å². The van der Waals surface area contributed by atoms with Crippen LogP contribution < -0.4 is 14.9 Å². The molecule has 7 heteroatoms. The molecule has 0 bridgehead atoms. The van der Waals surface area contributed by atoms with E-state index in [4.69, 9.17) is 0 Å². The van der Waals surface area contributed by atoms with Crippen LogP contribution in [0.1, 0.15) is 22.8 Å². The Morgan fingerprint density at radius 2 is 1.60 bits per heavy atom. The van der Waals surface area contributed by atoms with E-state index in [1.54, 1.807) is 30.3 Å². The Balaban J connectivity index is 1.57. The van der Waals surface area contributed by atoms with E-state index >= 15 is 0 Å². The second-order valence-corrected chi connectivity index (χ2v) is 7.23. The summed E-state index contributed by atoms with van der Waals surface area (Å²) < 4.78 is 14.9. The summed E-state index contributed by atoms with van der Waals surface area (Å²) in [5.41, 5.74) is 2.10. The minimum absolute atomic E-state index is 0.0378. The van der Waals surface area contributed by atoms with Crippen LogP contribution in [0.4, 0.5) is 20.6 Å². The van der Waals surface area contributed by atoms with Gasteiger partial charge in [0.15, 0.2) is 0 Å². The van der Waals surface area contributed by atoms with Crippen LogP contribution in [0.25, 0.3) is 0 Å². The van der Waals surface area contributed by atoms with Gasteiger partial charge in [0.25, 0.3) is 5.91 Å². The number of thiol groups is 1. The summed E-state index contributed by atoms with van der Waals surface area (Å²) in [5.74, 6) is -1.13. The number of hydrogen-bond acceptors (Lipinski definition) is 3. The zero-order valence-corrected chi connectivity index (χ0v) is 17.3. The van der Waals surface area contributed by atoms with Crippen LogP contribution in [0.15, 0.2) is 78.9 Å². The van der Waals surface area contributed by atoms with Crippen LogP contribution in [0.2, 0.25) is 0 Å². The maximum absolute atomic E-state index is 13.7. The number of amides is 3. The third-order valence-corrected chi connectivity index (χ3v) is 4.85. The maximum atomic E-state index is 13.7. The van der Waals surface area contributed by atoms with Crippen molar-refractivity contribution < 1.29 is 14.0 Å². The summed E-state index contributed by atoms with van der Waals surface area (Å²) in [6, 6.07) is 21.7. The van der Waals surface area contributed by atoms with Gasteiger partial charge in [-0.1, -0.05) is 55.3 Å². The quantitative estimate of drug-likeness (QED) is 0.485. The summed E-state index contributed by atoms with van der Waals surface area (Å²) in [6.45, 7) is 1.92. The summed E-state index contributed by atoms with van der Waals surface area (Å²) in [7, 11) is 0. The van der Waals surface area contributed by atoms with E-state index in [1.807, 2.05) is 37.3 Å². The van der Waals surface area contributed by atoms with Crippen molar-refractivity contribution in [3.8, 4) is 0 Å². The highest BCUT2D eigenvalue weighted by atomic mass is 32.1. The van der Waals surface area contributed by atoms with E-state index in [2.05, 4.69) is 23.4 Å². The van der Waals surface area contributed by atoms with E-state index in [9.17, 15) is 14.0 Å². The van der Waals surface area contributed by atoms with Gasteiger partial charge < -0.3 is 10.6 Å². The van der Waals surface area contributed by atoms with E-state index in [1.165, 1.54) is 22.5 Å². The van der Waals surface area contributed by atoms with Crippen molar-refractivity contribution in [3.05, 3.63) is 95.8 Å². The van der Waals surface area contributed by atoms with E-state index < -0.39 is 11.7 Å². The second-order valence-electron chi connectivity index (χ2n) is 6.83. The third-order valence-electron chi connectivity index (χ3n) is 4.44. The molecule has 0 spiro atoms. The summed E-state index contributed by atoms with van der Waals surface area (Å²) >= 11 is 4.27. The van der Waals surface area contributed by atoms with Gasteiger partial charge in [-0.15, -0.1) is 0 Å². The molecule has 30 heavy (non-hydrogen) atoms. The van der Waals surface area contributed by atoms with Crippen molar-refractivity contribution in [2.45, 2.75) is 19.4 Å². The molecule has 3 amide bonds. The smallest absolute Gasteiger partial charge is 0.332 e. The standard InChI is InChI=1S/C23H22FN3O2S/c1-16(15-17-7-3-2-4-8-17)25-23(29)27(30)19-13-11-18(12-14-19)26-22(28)20-9-5-6-10-21(20)24/h2-14,16,30H,15H2,1H3,(H,25,29)(H,26,28). The van der Waals surface area contributed by atoms with Gasteiger partial charge in [0, 0.05) is 11.7 Å². The average Bonchev–Trinajstić information content (AvgIpc) is 2.74. The molecule has 3 aromatic carbocycles. The molecule has 0 saturated heterocycles. The number of halogens is 1. The van der Waals surface area contributed by atoms with Gasteiger partial charge in [-0.2, -0.15) is 0 Å². The summed E-state index contributed by atoms with van der Waals surface area (Å²) in [6.07, 6.45) is 0.704. The highest BCUT2D eigenvalue weighted by molar-refractivity contribution is 7.82. The number of anilines is 2. The van der Waals surface area contributed by atoms with Crippen molar-refractivity contribution in [2.24, 2.45) is 0 Å². The molecule has 3 rings (SSSR count). The largest absolute Gasteiger partial charge is 0.334 e. The number of nitrogens with one attached hydrogen (secondary N) is 2. The number of nitrogens with zero attached hydrogens (tertiary/aromatic N) is 1. The van der Waals surface area contributed by atoms with Gasteiger partial charge in [-0.05, 0) is 55.3 Å². The van der Waals surface area contributed by atoms with Gasteiger partial charge in [0.1, 0.15) is 5.82 Å². The van der Waals surface area contributed by atoms with Crippen LogP contribution in [0.3, 0.4) is 0 Å². The molecule has 0 saturated carbocycles. The Labute approximate surface area is 180 Å². The average molecular weight is 424 g/mol. The maximum Gasteiger partial charge on any atom is 0.332 e. The lowest BCUT2D eigenvalue weighted by atomic mass is 10.1. The molecule has 0 aliphatic rings. The monoisotopic (exact) mass is 423 g/mol. The highest BCUT2D eigenvalue weighted by Gasteiger charge is 2.16. The fourth-order valence-electron chi connectivity index (χ4n) is 2.94. The van der Waals surface area contributed by atoms with Crippen LogP contribution in [-0.2, 0) is 6.42 Å². The zero-order valence-electron chi connectivity index (χ0n) is 16.4. The number of benzene rings is 3. The molecule has 0 heterocycles. The molecule has 3 aromatic rings. The van der Waals surface area contributed by atoms with E-state index in [0.717, 1.165) is 5.56 Å². The van der Waals surface area contributed by atoms with E-state index in [-0.39, 0.29) is 17.6 Å². The lowest BCUT2D eigenvalue weighted by Gasteiger charge is -2.20. The Bertz CT molecular complexity index is 1010. The molecule has 5 nitrogen and oxygen atoms in total. The number of hydrogen-bond donors (Lipinski definition) is 3. The lowest BCUT2D eigenvalue weighted by molar-refractivity contribution is 0.102. The van der Waals surface area contributed by atoms with E-state index in [0.29, 0.717) is 17.8 Å². The predicted octanol–water partition coefficient (Wildman–Crippen LogP) is 5.07. The fraction of sp³-hybridized carbons (Fsp3) is 0.130. The molecule has 1 unspecified atom stereocenters. The molecule has 2 N–H and O–H groups in total. The van der Waals surface area contributed by atoms with Gasteiger partial charge in [0.2, 0.25) is 0 Å². The Morgan fingerprint density at radius 3 is 2.27 bits per heavy atom. The number of rotatable bonds is 6. The van der Waals surface area contributed by atoms with Crippen LogP contribution in [0, 0.1) is 5.82 Å².